The Morgan fingerprint density at radius 1 is 1.62 bits per heavy atom. The Bertz CT molecular complexity index is 182. The maximum absolute atomic E-state index is 11.1. The van der Waals surface area contributed by atoms with Gasteiger partial charge in [0.05, 0.1) is 0 Å². The summed E-state index contributed by atoms with van der Waals surface area (Å²) in [5.41, 5.74) is 10.8. The van der Waals surface area contributed by atoms with Crippen molar-refractivity contribution >= 4 is 5.97 Å². The molecule has 0 bridgehead atoms. The van der Waals surface area contributed by atoms with Crippen molar-refractivity contribution in [3.8, 4) is 0 Å². The van der Waals surface area contributed by atoms with Gasteiger partial charge in [0.25, 0.3) is 0 Å². The summed E-state index contributed by atoms with van der Waals surface area (Å²) < 4.78 is 4.75. The number of carbonyl (C=O) groups is 1. The van der Waals surface area contributed by atoms with Crippen molar-refractivity contribution in [2.45, 2.75) is 19.1 Å². The van der Waals surface area contributed by atoms with Gasteiger partial charge in [-0.3, -0.25) is 5.73 Å². The van der Waals surface area contributed by atoms with Gasteiger partial charge in [0, 0.05) is 25.0 Å². The van der Waals surface area contributed by atoms with Crippen LogP contribution in [0.2, 0.25) is 0 Å². The number of nitrogens with two attached hydrogens (primary N) is 2. The van der Waals surface area contributed by atoms with Crippen LogP contribution >= 0.6 is 0 Å². The Labute approximate surface area is 77.4 Å². The number of hydrogen-bond donors (Lipinski definition) is 3. The van der Waals surface area contributed by atoms with Crippen molar-refractivity contribution in [3.05, 3.63) is 12.2 Å². The molecule has 76 valence electrons. The van der Waals surface area contributed by atoms with E-state index in [-0.39, 0.29) is 18.6 Å². The van der Waals surface area contributed by atoms with Crippen LogP contribution in [-0.2, 0) is 9.53 Å². The molecule has 5 nitrogen and oxygen atoms in total. The SMILES string of the molecule is C=C(CCO)C(=O)OC(N)CCN. The van der Waals surface area contributed by atoms with Gasteiger partial charge in [0.2, 0.25) is 0 Å². The first-order valence-corrected chi connectivity index (χ1v) is 4.07. The number of aliphatic hydroxyl groups is 1. The number of aliphatic hydroxyl groups excluding tert-OH is 1. The molecule has 0 spiro atoms. The minimum atomic E-state index is -0.687. The highest BCUT2D eigenvalue weighted by Gasteiger charge is 2.11. The molecular formula is C8H16N2O3. The van der Waals surface area contributed by atoms with Gasteiger partial charge in [0.15, 0.2) is 6.23 Å². The van der Waals surface area contributed by atoms with Gasteiger partial charge in [0.1, 0.15) is 0 Å². The summed E-state index contributed by atoms with van der Waals surface area (Å²) in [6.45, 7) is 3.67. The maximum atomic E-state index is 11.1. The summed E-state index contributed by atoms with van der Waals surface area (Å²) in [5, 5.41) is 8.50. The van der Waals surface area contributed by atoms with Crippen molar-refractivity contribution in [1.82, 2.24) is 0 Å². The highest BCUT2D eigenvalue weighted by atomic mass is 16.6. The van der Waals surface area contributed by atoms with Crippen LogP contribution in [-0.4, -0.2) is 30.5 Å². The van der Waals surface area contributed by atoms with Crippen LogP contribution < -0.4 is 11.5 Å². The predicted octanol–water partition coefficient (Wildman–Crippen LogP) is -0.898. The smallest absolute Gasteiger partial charge is 0.335 e. The maximum Gasteiger partial charge on any atom is 0.335 e. The molecule has 0 aromatic rings. The number of hydrogen-bond acceptors (Lipinski definition) is 5. The van der Waals surface area contributed by atoms with E-state index in [0.29, 0.717) is 13.0 Å². The summed E-state index contributed by atoms with van der Waals surface area (Å²) in [7, 11) is 0. The molecule has 0 aliphatic rings. The topological polar surface area (TPSA) is 98.6 Å². The molecule has 0 rings (SSSR count). The van der Waals surface area contributed by atoms with Crippen LogP contribution in [0.3, 0.4) is 0 Å². The molecule has 0 saturated carbocycles. The molecule has 0 aromatic heterocycles. The Morgan fingerprint density at radius 3 is 2.69 bits per heavy atom. The van der Waals surface area contributed by atoms with Gasteiger partial charge in [-0.15, -0.1) is 0 Å². The Hall–Kier alpha value is -0.910. The van der Waals surface area contributed by atoms with Crippen molar-refractivity contribution in [2.24, 2.45) is 11.5 Å². The van der Waals surface area contributed by atoms with E-state index in [4.69, 9.17) is 21.3 Å². The summed E-state index contributed by atoms with van der Waals surface area (Å²) >= 11 is 0. The zero-order valence-electron chi connectivity index (χ0n) is 7.53. The molecule has 13 heavy (non-hydrogen) atoms. The van der Waals surface area contributed by atoms with Crippen molar-refractivity contribution in [1.29, 1.82) is 0 Å². The molecule has 5 N–H and O–H groups in total. The van der Waals surface area contributed by atoms with Gasteiger partial charge in [-0.1, -0.05) is 6.58 Å². The lowest BCUT2D eigenvalue weighted by atomic mass is 10.2. The Kier molecular flexibility index (Phi) is 6.13. The molecular weight excluding hydrogens is 172 g/mol. The first-order chi connectivity index (χ1) is 6.11. The standard InChI is InChI=1S/C8H16N2O3/c1-6(3-5-11)8(12)13-7(10)2-4-9/h7,11H,1-5,9-10H2. The normalized spacial score (nSPS) is 12.2. The second kappa shape index (κ2) is 6.59. The van der Waals surface area contributed by atoms with Crippen LogP contribution in [0.4, 0.5) is 0 Å². The highest BCUT2D eigenvalue weighted by molar-refractivity contribution is 5.87. The summed E-state index contributed by atoms with van der Waals surface area (Å²) in [5.74, 6) is -0.574. The fourth-order valence-electron chi connectivity index (χ4n) is 0.681. The van der Waals surface area contributed by atoms with Crippen LogP contribution in [0.25, 0.3) is 0 Å². The number of rotatable bonds is 6. The number of ether oxygens (including phenoxy) is 1. The van der Waals surface area contributed by atoms with Gasteiger partial charge in [-0.25, -0.2) is 4.79 Å². The first kappa shape index (κ1) is 12.1. The average Bonchev–Trinajstić information content (AvgIpc) is 2.05. The zero-order valence-corrected chi connectivity index (χ0v) is 7.53. The third-order valence-electron chi connectivity index (χ3n) is 1.41. The Balaban J connectivity index is 3.78. The van der Waals surface area contributed by atoms with Crippen molar-refractivity contribution in [2.75, 3.05) is 13.2 Å². The lowest BCUT2D eigenvalue weighted by Crippen LogP contribution is -2.30. The van der Waals surface area contributed by atoms with Gasteiger partial charge < -0.3 is 15.6 Å². The van der Waals surface area contributed by atoms with Crippen LogP contribution in [0.5, 0.6) is 0 Å². The number of carbonyl (C=O) groups excluding carboxylic acids is 1. The zero-order chi connectivity index (χ0) is 10.3. The largest absolute Gasteiger partial charge is 0.443 e. The van der Waals surface area contributed by atoms with E-state index >= 15 is 0 Å². The van der Waals surface area contributed by atoms with Crippen LogP contribution in [0.15, 0.2) is 12.2 Å². The molecule has 0 aliphatic carbocycles. The third-order valence-corrected chi connectivity index (χ3v) is 1.41. The van der Waals surface area contributed by atoms with Crippen molar-refractivity contribution in [3.63, 3.8) is 0 Å². The molecule has 0 heterocycles. The molecule has 0 saturated heterocycles. The van der Waals surface area contributed by atoms with Gasteiger partial charge in [-0.05, 0) is 6.54 Å². The molecule has 0 amide bonds. The van der Waals surface area contributed by atoms with Gasteiger partial charge >= 0.3 is 5.97 Å². The summed E-state index contributed by atoms with van der Waals surface area (Å²) in [6.07, 6.45) is -0.0697. The monoisotopic (exact) mass is 188 g/mol. The lowest BCUT2D eigenvalue weighted by Gasteiger charge is -2.12. The molecule has 1 atom stereocenters. The van der Waals surface area contributed by atoms with E-state index < -0.39 is 12.2 Å². The second-order valence-electron chi connectivity index (χ2n) is 2.60. The third kappa shape index (κ3) is 5.35. The Morgan fingerprint density at radius 2 is 2.23 bits per heavy atom. The van der Waals surface area contributed by atoms with E-state index in [2.05, 4.69) is 6.58 Å². The van der Waals surface area contributed by atoms with Crippen LogP contribution in [0.1, 0.15) is 12.8 Å². The summed E-state index contributed by atoms with van der Waals surface area (Å²) in [4.78, 5) is 11.1. The lowest BCUT2D eigenvalue weighted by molar-refractivity contribution is -0.144. The molecule has 0 aromatic carbocycles. The first-order valence-electron chi connectivity index (χ1n) is 4.07. The highest BCUT2D eigenvalue weighted by Crippen LogP contribution is 2.02. The fourth-order valence-corrected chi connectivity index (χ4v) is 0.681. The average molecular weight is 188 g/mol. The van der Waals surface area contributed by atoms with E-state index in [1.54, 1.807) is 0 Å². The predicted molar refractivity (Wildman–Crippen MR) is 48.6 cm³/mol. The van der Waals surface area contributed by atoms with E-state index in [9.17, 15) is 4.79 Å². The number of esters is 1. The van der Waals surface area contributed by atoms with Crippen molar-refractivity contribution < 1.29 is 14.6 Å². The summed E-state index contributed by atoms with van der Waals surface area (Å²) in [6, 6.07) is 0. The molecule has 0 radical (unpaired) electrons. The molecule has 0 fully saturated rings. The minimum absolute atomic E-state index is 0.125. The van der Waals surface area contributed by atoms with Gasteiger partial charge in [-0.2, -0.15) is 0 Å². The van der Waals surface area contributed by atoms with E-state index in [0.717, 1.165) is 0 Å². The van der Waals surface area contributed by atoms with Crippen LogP contribution in [0, 0.1) is 0 Å². The molecule has 5 heteroatoms. The minimum Gasteiger partial charge on any atom is -0.443 e. The van der Waals surface area contributed by atoms with E-state index in [1.165, 1.54) is 0 Å². The molecule has 1 unspecified atom stereocenters. The second-order valence-corrected chi connectivity index (χ2v) is 2.60. The molecule has 0 aliphatic heterocycles. The van der Waals surface area contributed by atoms with E-state index in [1.807, 2.05) is 0 Å². The quantitative estimate of drug-likeness (QED) is 0.285. The fraction of sp³-hybridized carbons (Fsp3) is 0.625.